The molecule has 18 heavy (non-hydrogen) atoms. The normalized spacial score (nSPS) is 11.6. The minimum Gasteiger partial charge on any atom is -0.378 e. The van der Waals surface area contributed by atoms with Crippen molar-refractivity contribution >= 4 is 32.4 Å². The lowest BCUT2D eigenvalue weighted by atomic mass is 10.2. The molecule has 1 aromatic heterocycles. The van der Waals surface area contributed by atoms with Gasteiger partial charge in [-0.25, -0.2) is 18.5 Å². The van der Waals surface area contributed by atoms with Gasteiger partial charge in [0.2, 0.25) is 15.8 Å². The molecule has 0 aliphatic carbocycles. The number of hydrogen-bond donors (Lipinski definition) is 2. The van der Waals surface area contributed by atoms with Gasteiger partial charge in [-0.3, -0.25) is 10.1 Å². The molecule has 2 aromatic rings. The molecule has 1 heterocycles. The highest BCUT2D eigenvalue weighted by Gasteiger charge is 2.30. The number of benzene rings is 1. The van der Waals surface area contributed by atoms with E-state index in [-0.39, 0.29) is 10.9 Å². The molecule has 0 saturated carbocycles. The number of nitrogens with two attached hydrogens (primary N) is 2. The van der Waals surface area contributed by atoms with E-state index in [1.165, 1.54) is 18.2 Å². The lowest BCUT2D eigenvalue weighted by Crippen LogP contribution is -2.16. The smallest absolute Gasteiger partial charge is 0.331 e. The van der Waals surface area contributed by atoms with Gasteiger partial charge in [-0.1, -0.05) is 18.2 Å². The molecule has 8 nitrogen and oxygen atoms in total. The quantitative estimate of drug-likeness (QED) is 0.595. The molecule has 0 spiro atoms. The van der Waals surface area contributed by atoms with Crippen LogP contribution in [0.15, 0.2) is 29.2 Å². The molecule has 1 aromatic carbocycles. The first-order valence-corrected chi connectivity index (χ1v) is 6.22. The highest BCUT2D eigenvalue weighted by Crippen LogP contribution is 2.33. The van der Waals surface area contributed by atoms with E-state index in [1.54, 1.807) is 6.07 Å². The third-order valence-electron chi connectivity index (χ3n) is 2.31. The molecule has 9 heteroatoms. The van der Waals surface area contributed by atoms with Crippen molar-refractivity contribution in [3.05, 3.63) is 34.4 Å². The van der Waals surface area contributed by atoms with Crippen molar-refractivity contribution in [1.29, 1.82) is 0 Å². The van der Waals surface area contributed by atoms with E-state index < -0.39 is 31.3 Å². The Hall–Kier alpha value is -2.26. The Morgan fingerprint density at radius 3 is 2.44 bits per heavy atom. The maximum absolute atomic E-state index is 11.5. The molecule has 0 fully saturated rings. The molecule has 0 atom stereocenters. The van der Waals surface area contributed by atoms with E-state index in [0.717, 1.165) is 0 Å². The number of primary sulfonamides is 1. The van der Waals surface area contributed by atoms with E-state index in [1.807, 2.05) is 0 Å². The first-order chi connectivity index (χ1) is 8.32. The largest absolute Gasteiger partial charge is 0.378 e. The van der Waals surface area contributed by atoms with Gasteiger partial charge in [0.25, 0.3) is 0 Å². The van der Waals surface area contributed by atoms with Crippen molar-refractivity contribution in [2.75, 3.05) is 5.73 Å². The second kappa shape index (κ2) is 3.89. The zero-order chi connectivity index (χ0) is 13.5. The number of nitrogens with zero attached hydrogens (tertiary/aromatic N) is 2. The minimum absolute atomic E-state index is 0.0703. The van der Waals surface area contributed by atoms with E-state index >= 15 is 0 Å². The topological polar surface area (TPSA) is 142 Å². The molecule has 0 aliphatic rings. The molecule has 94 valence electrons. The average molecular weight is 268 g/mol. The second-order valence-electron chi connectivity index (χ2n) is 3.49. The van der Waals surface area contributed by atoms with Crippen LogP contribution in [0.1, 0.15) is 0 Å². The summed E-state index contributed by atoms with van der Waals surface area (Å²) in [5, 5.41) is 16.0. The summed E-state index contributed by atoms with van der Waals surface area (Å²) in [5.74, 6) is -0.484. The maximum atomic E-state index is 11.5. The molecule has 4 N–H and O–H groups in total. The zero-order valence-electron chi connectivity index (χ0n) is 8.90. The van der Waals surface area contributed by atoms with Gasteiger partial charge >= 0.3 is 5.69 Å². The van der Waals surface area contributed by atoms with Crippen molar-refractivity contribution in [3.8, 4) is 0 Å². The van der Waals surface area contributed by atoms with Crippen LogP contribution in [0, 0.1) is 10.1 Å². The number of nitro groups is 1. The first-order valence-electron chi connectivity index (χ1n) is 4.68. The Kier molecular flexibility index (Phi) is 2.64. The number of hydrogen-bond acceptors (Lipinski definition) is 6. The molecule has 0 saturated heterocycles. The highest BCUT2D eigenvalue weighted by molar-refractivity contribution is 7.89. The lowest BCUT2D eigenvalue weighted by Gasteiger charge is -2.06. The molecule has 2 rings (SSSR count). The van der Waals surface area contributed by atoms with Crippen LogP contribution in [-0.4, -0.2) is 18.3 Å². The van der Waals surface area contributed by atoms with Crippen molar-refractivity contribution in [1.82, 2.24) is 4.98 Å². The van der Waals surface area contributed by atoms with Crippen molar-refractivity contribution in [2.24, 2.45) is 5.14 Å². The summed E-state index contributed by atoms with van der Waals surface area (Å²) in [7, 11) is -4.29. The van der Waals surface area contributed by atoms with E-state index in [2.05, 4.69) is 4.98 Å². The van der Waals surface area contributed by atoms with Crippen LogP contribution in [-0.2, 0) is 10.0 Å². The summed E-state index contributed by atoms with van der Waals surface area (Å²) in [5.41, 5.74) is 4.84. The number of para-hydroxylation sites is 1. The zero-order valence-corrected chi connectivity index (χ0v) is 9.72. The number of nitrogen functional groups attached to an aromatic ring is 1. The fraction of sp³-hybridized carbons (Fsp3) is 0. The van der Waals surface area contributed by atoms with E-state index in [9.17, 15) is 18.5 Å². The predicted molar refractivity (Wildman–Crippen MR) is 64.2 cm³/mol. The van der Waals surface area contributed by atoms with Gasteiger partial charge in [0.15, 0.2) is 4.90 Å². The first kappa shape index (κ1) is 12.2. The number of pyridine rings is 1. The molecular formula is C9H8N4O4S. The van der Waals surface area contributed by atoms with Crippen LogP contribution in [0.4, 0.5) is 11.5 Å². The van der Waals surface area contributed by atoms with Gasteiger partial charge in [-0.2, -0.15) is 0 Å². The van der Waals surface area contributed by atoms with Crippen LogP contribution < -0.4 is 10.9 Å². The van der Waals surface area contributed by atoms with Crippen molar-refractivity contribution in [2.45, 2.75) is 4.90 Å². The third-order valence-corrected chi connectivity index (χ3v) is 3.30. The summed E-state index contributed by atoms with van der Waals surface area (Å²) in [6, 6.07) is 6.00. The van der Waals surface area contributed by atoms with E-state index in [0.29, 0.717) is 0 Å². The summed E-state index contributed by atoms with van der Waals surface area (Å²) in [4.78, 5) is 13.2. The molecule has 0 aliphatic heterocycles. The number of aromatic nitrogens is 1. The number of sulfonamides is 1. The lowest BCUT2D eigenvalue weighted by molar-refractivity contribution is -0.386. The van der Waals surface area contributed by atoms with Gasteiger partial charge in [0.05, 0.1) is 10.4 Å². The van der Waals surface area contributed by atoms with Crippen molar-refractivity contribution in [3.63, 3.8) is 0 Å². The number of anilines is 1. The second-order valence-corrected chi connectivity index (χ2v) is 4.99. The predicted octanol–water partition coefficient (Wildman–Crippen LogP) is 0.373. The standard InChI is InChI=1S/C9H8N4O4S/c10-9-7(13(14)15)8(18(11,16)17)5-3-1-2-4-6(5)12-9/h1-4H,(H2,10,12)(H2,11,16,17). The number of fused-ring (bicyclic) bond motifs is 1. The van der Waals surface area contributed by atoms with Gasteiger partial charge in [0, 0.05) is 5.39 Å². The van der Waals surface area contributed by atoms with Crippen LogP contribution in [0.5, 0.6) is 0 Å². The molecule has 0 bridgehead atoms. The Morgan fingerprint density at radius 2 is 1.89 bits per heavy atom. The molecule has 0 amide bonds. The monoisotopic (exact) mass is 268 g/mol. The van der Waals surface area contributed by atoms with Crippen LogP contribution >= 0.6 is 0 Å². The van der Waals surface area contributed by atoms with Gasteiger partial charge in [0.1, 0.15) is 0 Å². The Labute approximate surface area is 101 Å². The fourth-order valence-electron chi connectivity index (χ4n) is 1.65. The Balaban J connectivity index is 3.09. The molecule has 0 unspecified atom stereocenters. The highest BCUT2D eigenvalue weighted by atomic mass is 32.2. The van der Waals surface area contributed by atoms with E-state index in [4.69, 9.17) is 10.9 Å². The van der Waals surface area contributed by atoms with Gasteiger partial charge in [-0.15, -0.1) is 0 Å². The average Bonchev–Trinajstić information content (AvgIpc) is 2.25. The van der Waals surface area contributed by atoms with Crippen molar-refractivity contribution < 1.29 is 13.3 Å². The Bertz CT molecular complexity index is 756. The SMILES string of the molecule is Nc1nc2ccccc2c(S(N)(=O)=O)c1[N+](=O)[O-]. The summed E-state index contributed by atoms with van der Waals surface area (Å²) < 4.78 is 23.0. The number of rotatable bonds is 2. The summed E-state index contributed by atoms with van der Waals surface area (Å²) in [6.07, 6.45) is 0. The minimum atomic E-state index is -4.29. The Morgan fingerprint density at radius 1 is 1.28 bits per heavy atom. The maximum Gasteiger partial charge on any atom is 0.331 e. The third kappa shape index (κ3) is 1.85. The van der Waals surface area contributed by atoms with Crippen LogP contribution in [0.25, 0.3) is 10.9 Å². The summed E-state index contributed by atoms with van der Waals surface area (Å²) >= 11 is 0. The van der Waals surface area contributed by atoms with Gasteiger partial charge in [-0.05, 0) is 6.07 Å². The van der Waals surface area contributed by atoms with Crippen LogP contribution in [0.3, 0.4) is 0 Å². The summed E-state index contributed by atoms with van der Waals surface area (Å²) in [6.45, 7) is 0. The molecule has 0 radical (unpaired) electrons. The molecular weight excluding hydrogens is 260 g/mol. The van der Waals surface area contributed by atoms with Gasteiger partial charge < -0.3 is 5.73 Å². The van der Waals surface area contributed by atoms with Crippen LogP contribution in [0.2, 0.25) is 0 Å². The fourth-order valence-corrected chi connectivity index (χ4v) is 2.58.